The first kappa shape index (κ1) is 18.2. The van der Waals surface area contributed by atoms with Gasteiger partial charge in [-0.1, -0.05) is 21.6 Å². The van der Waals surface area contributed by atoms with Crippen LogP contribution in [0.5, 0.6) is 0 Å². The molecule has 0 spiro atoms. The van der Waals surface area contributed by atoms with Gasteiger partial charge in [-0.25, -0.2) is 9.59 Å². The fourth-order valence-corrected chi connectivity index (χ4v) is 5.00. The predicted molar refractivity (Wildman–Crippen MR) is 85.5 cm³/mol. The van der Waals surface area contributed by atoms with Gasteiger partial charge in [-0.2, -0.15) is 0 Å². The van der Waals surface area contributed by atoms with Crippen LogP contribution in [0.1, 0.15) is 6.92 Å². The van der Waals surface area contributed by atoms with Crippen molar-refractivity contribution in [3.63, 3.8) is 0 Å². The average molecular weight is 377 g/mol. The Kier molecular flexibility index (Phi) is 9.04. The van der Waals surface area contributed by atoms with E-state index in [-0.39, 0.29) is 5.91 Å². The Morgan fingerprint density at radius 2 is 1.80 bits per heavy atom. The molecule has 3 N–H and O–H groups in total. The predicted octanol–water partition coefficient (Wildman–Crippen LogP) is 1.16. The topological polar surface area (TPSA) is 108 Å². The minimum atomic E-state index is -0.739. The van der Waals surface area contributed by atoms with E-state index in [1.165, 1.54) is 28.5 Å². The van der Waals surface area contributed by atoms with E-state index in [9.17, 15) is 14.4 Å². The maximum absolute atomic E-state index is 11.7. The highest BCUT2D eigenvalue weighted by atomic mass is 33.5. The van der Waals surface area contributed by atoms with E-state index >= 15 is 0 Å². The lowest BCUT2D eigenvalue weighted by molar-refractivity contribution is -0.137. The third kappa shape index (κ3) is 7.22. The van der Waals surface area contributed by atoms with Gasteiger partial charge in [0.25, 0.3) is 0 Å². The van der Waals surface area contributed by atoms with Gasteiger partial charge in [-0.15, -0.1) is 0 Å². The van der Waals surface area contributed by atoms with E-state index in [0.29, 0.717) is 11.5 Å². The second-order valence-electron chi connectivity index (χ2n) is 3.44. The van der Waals surface area contributed by atoms with Crippen LogP contribution >= 0.6 is 53.6 Å². The Balaban J connectivity index is 2.58. The molecule has 7 nitrogen and oxygen atoms in total. The summed E-state index contributed by atoms with van der Waals surface area (Å²) in [5.41, 5.74) is 5.63. The fraction of sp³-hybridized carbons (Fsp3) is 0.625. The molecule has 12 heteroatoms. The summed E-state index contributed by atoms with van der Waals surface area (Å²) in [6.07, 6.45) is 0. The Bertz CT molecular complexity index is 371. The highest BCUT2D eigenvalue weighted by molar-refractivity contribution is 9.07. The van der Waals surface area contributed by atoms with Crippen LogP contribution in [0.3, 0.4) is 0 Å². The normalized spacial score (nSPS) is 26.3. The van der Waals surface area contributed by atoms with Gasteiger partial charge in [0.2, 0.25) is 5.91 Å². The zero-order valence-corrected chi connectivity index (χ0v) is 14.3. The average Bonchev–Trinajstić information content (AvgIpc) is 2.40. The summed E-state index contributed by atoms with van der Waals surface area (Å²) in [5.74, 6) is -0.724. The van der Waals surface area contributed by atoms with Crippen LogP contribution in [0, 0.1) is 0 Å². The Hall–Kier alpha value is 0.120. The monoisotopic (exact) mass is 376 g/mol. The first-order valence-corrected chi connectivity index (χ1v) is 11.0. The lowest BCUT2D eigenvalue weighted by atomic mass is 10.3. The van der Waals surface area contributed by atoms with Crippen molar-refractivity contribution >= 4 is 71.4 Å². The van der Waals surface area contributed by atoms with Crippen LogP contribution in [0.25, 0.3) is 0 Å². The van der Waals surface area contributed by atoms with Crippen molar-refractivity contribution in [1.82, 2.24) is 5.32 Å². The van der Waals surface area contributed by atoms with Crippen molar-refractivity contribution in [2.45, 2.75) is 19.0 Å². The smallest absolute Gasteiger partial charge is 0.342 e. The summed E-state index contributed by atoms with van der Waals surface area (Å²) in [6, 6.07) is -1.47. The number of carbonyl (C=O) groups excluding carboxylic acids is 3. The molecule has 1 rings (SSSR count). The zero-order chi connectivity index (χ0) is 15.0. The number of nitrogens with one attached hydrogen (secondary N) is 1. The van der Waals surface area contributed by atoms with Crippen LogP contribution in [0.15, 0.2) is 0 Å². The summed E-state index contributed by atoms with van der Waals surface area (Å²) in [4.78, 5) is 34.2. The van der Waals surface area contributed by atoms with Gasteiger partial charge in [0, 0.05) is 18.4 Å². The van der Waals surface area contributed by atoms with Gasteiger partial charge in [0.1, 0.15) is 34.2 Å². The van der Waals surface area contributed by atoms with Crippen LogP contribution in [-0.2, 0) is 22.7 Å². The fourth-order valence-electron chi connectivity index (χ4n) is 0.946. The highest BCUT2D eigenvalue weighted by Crippen LogP contribution is 2.37. The minimum absolute atomic E-state index is 0.316. The SMILES string of the molecule is CC(=O)NC1CSSCC(N)C(=O)OSSSOC1=O. The molecule has 0 bridgehead atoms. The Labute approximate surface area is 135 Å². The Morgan fingerprint density at radius 1 is 1.20 bits per heavy atom. The summed E-state index contributed by atoms with van der Waals surface area (Å²) >= 11 is 1.53. The Morgan fingerprint density at radius 3 is 2.45 bits per heavy atom. The van der Waals surface area contributed by atoms with E-state index in [4.69, 9.17) is 14.1 Å². The molecule has 0 aromatic heterocycles. The number of nitrogens with two attached hydrogens (primary N) is 1. The van der Waals surface area contributed by atoms with Gasteiger partial charge >= 0.3 is 11.9 Å². The lowest BCUT2D eigenvalue weighted by Gasteiger charge is -2.14. The third-order valence-electron chi connectivity index (χ3n) is 1.82. The highest BCUT2D eigenvalue weighted by Gasteiger charge is 2.24. The van der Waals surface area contributed by atoms with Crippen LogP contribution < -0.4 is 11.1 Å². The van der Waals surface area contributed by atoms with Crippen molar-refractivity contribution in [3.05, 3.63) is 0 Å². The summed E-state index contributed by atoms with van der Waals surface area (Å²) in [7, 11) is 3.62. The van der Waals surface area contributed by atoms with E-state index in [2.05, 4.69) is 5.32 Å². The van der Waals surface area contributed by atoms with Crippen molar-refractivity contribution < 1.29 is 22.7 Å². The zero-order valence-electron chi connectivity index (χ0n) is 10.2. The quantitative estimate of drug-likeness (QED) is 0.508. The van der Waals surface area contributed by atoms with Crippen molar-refractivity contribution in [1.29, 1.82) is 0 Å². The number of amides is 1. The number of carbonyl (C=O) groups is 3. The molecule has 1 heterocycles. The number of hydrogen-bond donors (Lipinski definition) is 2. The molecule has 1 fully saturated rings. The second kappa shape index (κ2) is 9.95. The van der Waals surface area contributed by atoms with Crippen LogP contribution in [0.2, 0.25) is 0 Å². The first-order chi connectivity index (χ1) is 9.50. The minimum Gasteiger partial charge on any atom is -0.377 e. The van der Waals surface area contributed by atoms with Gasteiger partial charge in [-0.3, -0.25) is 4.79 Å². The third-order valence-corrected chi connectivity index (χ3v) is 6.58. The van der Waals surface area contributed by atoms with E-state index in [1.807, 2.05) is 0 Å². The second-order valence-corrected chi connectivity index (χ2v) is 9.18. The molecule has 0 saturated carbocycles. The molecule has 1 saturated heterocycles. The molecule has 0 aromatic rings. The lowest BCUT2D eigenvalue weighted by Crippen LogP contribution is -2.41. The molecule has 1 aliphatic heterocycles. The largest absolute Gasteiger partial charge is 0.377 e. The molecule has 2 unspecified atom stereocenters. The molecular formula is C8H12N2O5S5. The maximum Gasteiger partial charge on any atom is 0.342 e. The summed E-state index contributed by atoms with van der Waals surface area (Å²) in [6.45, 7) is 1.33. The van der Waals surface area contributed by atoms with E-state index in [1.54, 1.807) is 0 Å². The molecule has 0 radical (unpaired) electrons. The molecule has 1 aliphatic rings. The van der Waals surface area contributed by atoms with E-state index in [0.717, 1.165) is 32.0 Å². The molecule has 0 aliphatic carbocycles. The summed E-state index contributed by atoms with van der Waals surface area (Å²) in [5, 5.41) is 2.51. The van der Waals surface area contributed by atoms with Crippen LogP contribution in [0.4, 0.5) is 0 Å². The number of rotatable bonds is 1. The molecule has 1 amide bonds. The molecule has 2 atom stereocenters. The molecule has 0 aromatic carbocycles. The van der Waals surface area contributed by atoms with Crippen molar-refractivity contribution in [3.8, 4) is 0 Å². The van der Waals surface area contributed by atoms with Gasteiger partial charge in [-0.05, 0) is 0 Å². The standard InChI is InChI=1S/C8H12N2O5S5/c1-4(11)10-6-3-17-16-2-5(9)7(12)14-18-20-19-15-8(6)13/h5-6H,2-3,9H2,1H3,(H,10,11). The molecule has 20 heavy (non-hydrogen) atoms. The van der Waals surface area contributed by atoms with Crippen molar-refractivity contribution in [2.75, 3.05) is 11.5 Å². The number of hydrogen-bond acceptors (Lipinski definition) is 11. The van der Waals surface area contributed by atoms with Crippen molar-refractivity contribution in [2.24, 2.45) is 5.73 Å². The maximum atomic E-state index is 11.7. The van der Waals surface area contributed by atoms with Crippen LogP contribution in [-0.4, -0.2) is 41.4 Å². The van der Waals surface area contributed by atoms with E-state index < -0.39 is 24.0 Å². The van der Waals surface area contributed by atoms with Gasteiger partial charge < -0.3 is 19.4 Å². The summed E-state index contributed by atoms with van der Waals surface area (Å²) < 4.78 is 9.70. The van der Waals surface area contributed by atoms with Gasteiger partial charge in [0.15, 0.2) is 0 Å². The molecule has 114 valence electrons. The molecular weight excluding hydrogens is 364 g/mol. The first-order valence-electron chi connectivity index (χ1n) is 5.20. The van der Waals surface area contributed by atoms with Gasteiger partial charge in [0.05, 0.1) is 9.83 Å².